The molecule has 1 N–H and O–H groups in total. The van der Waals surface area contributed by atoms with E-state index >= 15 is 0 Å². The van der Waals surface area contributed by atoms with Gasteiger partial charge in [0.25, 0.3) is 0 Å². The predicted molar refractivity (Wildman–Crippen MR) is 49.9 cm³/mol. The van der Waals surface area contributed by atoms with Crippen molar-refractivity contribution in [1.29, 1.82) is 0 Å². The van der Waals surface area contributed by atoms with Crippen LogP contribution in [0.3, 0.4) is 0 Å². The Balaban J connectivity index is 2.86. The zero-order chi connectivity index (χ0) is 10.3. The standard InChI is InChI=1S/C10H8FNO2/c1-6(13)12-9-5-8(11)3-2-7(9)4-10(12)14/h2-5,14H,1H3. The Kier molecular flexibility index (Phi) is 1.77. The van der Waals surface area contributed by atoms with Crippen molar-refractivity contribution in [3.63, 3.8) is 0 Å². The van der Waals surface area contributed by atoms with Gasteiger partial charge in [-0.2, -0.15) is 0 Å². The molecule has 1 aromatic heterocycles. The van der Waals surface area contributed by atoms with Gasteiger partial charge in [0.15, 0.2) is 5.88 Å². The first kappa shape index (κ1) is 8.74. The van der Waals surface area contributed by atoms with E-state index in [4.69, 9.17) is 0 Å². The SMILES string of the molecule is CC(=O)n1c(O)cc2ccc(F)cc21. The van der Waals surface area contributed by atoms with Crippen molar-refractivity contribution in [3.05, 3.63) is 30.1 Å². The highest BCUT2D eigenvalue weighted by atomic mass is 19.1. The summed E-state index contributed by atoms with van der Waals surface area (Å²) in [4.78, 5) is 11.1. The minimum atomic E-state index is -0.432. The Hall–Kier alpha value is -1.84. The van der Waals surface area contributed by atoms with Gasteiger partial charge in [-0.15, -0.1) is 0 Å². The molecule has 0 aliphatic rings. The first-order valence-corrected chi connectivity index (χ1v) is 4.10. The van der Waals surface area contributed by atoms with Gasteiger partial charge >= 0.3 is 0 Å². The number of hydrogen-bond acceptors (Lipinski definition) is 2. The van der Waals surface area contributed by atoms with E-state index in [2.05, 4.69) is 0 Å². The van der Waals surface area contributed by atoms with Crippen LogP contribution in [0.1, 0.15) is 11.7 Å². The van der Waals surface area contributed by atoms with Crippen LogP contribution < -0.4 is 0 Å². The molecule has 0 atom stereocenters. The van der Waals surface area contributed by atoms with Crippen molar-refractivity contribution in [2.24, 2.45) is 0 Å². The van der Waals surface area contributed by atoms with Crippen LogP contribution >= 0.6 is 0 Å². The number of halogens is 1. The van der Waals surface area contributed by atoms with Gasteiger partial charge in [0.1, 0.15) is 5.82 Å². The van der Waals surface area contributed by atoms with Crippen molar-refractivity contribution in [1.82, 2.24) is 4.57 Å². The van der Waals surface area contributed by atoms with Crippen LogP contribution in [0.4, 0.5) is 4.39 Å². The lowest BCUT2D eigenvalue weighted by Crippen LogP contribution is -2.03. The zero-order valence-corrected chi connectivity index (χ0v) is 7.49. The molecule has 0 spiro atoms. The summed E-state index contributed by atoms with van der Waals surface area (Å²) in [6.07, 6.45) is 0. The number of aromatic nitrogens is 1. The molecule has 0 fully saturated rings. The van der Waals surface area contributed by atoms with Gasteiger partial charge in [-0.3, -0.25) is 9.36 Å². The van der Waals surface area contributed by atoms with Gasteiger partial charge in [0.2, 0.25) is 5.91 Å². The third-order valence-corrected chi connectivity index (χ3v) is 2.06. The lowest BCUT2D eigenvalue weighted by molar-refractivity contribution is 0.0933. The monoisotopic (exact) mass is 193 g/mol. The molecule has 0 aliphatic carbocycles. The van der Waals surface area contributed by atoms with Crippen LogP contribution in [0.15, 0.2) is 24.3 Å². The van der Waals surface area contributed by atoms with Gasteiger partial charge in [0, 0.05) is 18.4 Å². The largest absolute Gasteiger partial charge is 0.494 e. The first-order valence-electron chi connectivity index (χ1n) is 4.10. The molecule has 1 heterocycles. The summed E-state index contributed by atoms with van der Waals surface area (Å²) in [5.41, 5.74) is 0.384. The molecule has 0 unspecified atom stereocenters. The summed E-state index contributed by atoms with van der Waals surface area (Å²) in [6, 6.07) is 5.45. The smallest absolute Gasteiger partial charge is 0.230 e. The van der Waals surface area contributed by atoms with Gasteiger partial charge in [-0.1, -0.05) is 0 Å². The molecule has 2 rings (SSSR count). The molecule has 1 aromatic carbocycles. The number of benzene rings is 1. The number of carbonyl (C=O) groups excluding carboxylic acids is 1. The molecule has 2 aromatic rings. The van der Waals surface area contributed by atoms with E-state index in [1.54, 1.807) is 0 Å². The average Bonchev–Trinajstić information content (AvgIpc) is 2.40. The third kappa shape index (κ3) is 1.16. The van der Waals surface area contributed by atoms with Crippen LogP contribution in [-0.4, -0.2) is 15.6 Å². The van der Waals surface area contributed by atoms with Crippen molar-refractivity contribution >= 4 is 16.8 Å². The highest BCUT2D eigenvalue weighted by Crippen LogP contribution is 2.24. The van der Waals surface area contributed by atoms with Crippen molar-refractivity contribution in [2.45, 2.75) is 6.92 Å². The Labute approximate surface area is 79.4 Å². The van der Waals surface area contributed by atoms with E-state index in [1.165, 1.54) is 31.2 Å². The molecule has 0 radical (unpaired) electrons. The van der Waals surface area contributed by atoms with Crippen LogP contribution in [-0.2, 0) is 0 Å². The summed E-state index contributed by atoms with van der Waals surface area (Å²) in [6.45, 7) is 1.31. The maximum atomic E-state index is 12.9. The Bertz CT molecular complexity index is 516. The maximum Gasteiger partial charge on any atom is 0.230 e. The van der Waals surface area contributed by atoms with Crippen LogP contribution in [0.25, 0.3) is 10.9 Å². The molecule has 14 heavy (non-hydrogen) atoms. The summed E-state index contributed by atoms with van der Waals surface area (Å²) >= 11 is 0. The summed E-state index contributed by atoms with van der Waals surface area (Å²) < 4.78 is 14.0. The quantitative estimate of drug-likeness (QED) is 0.696. The minimum absolute atomic E-state index is 0.168. The van der Waals surface area contributed by atoms with E-state index in [9.17, 15) is 14.3 Å². The zero-order valence-electron chi connectivity index (χ0n) is 7.49. The van der Waals surface area contributed by atoms with Crippen molar-refractivity contribution in [3.8, 4) is 5.88 Å². The number of rotatable bonds is 0. The molecule has 0 saturated heterocycles. The fraction of sp³-hybridized carbons (Fsp3) is 0.100. The van der Waals surface area contributed by atoms with Crippen molar-refractivity contribution in [2.75, 3.05) is 0 Å². The van der Waals surface area contributed by atoms with E-state index in [0.29, 0.717) is 10.9 Å². The van der Waals surface area contributed by atoms with Crippen LogP contribution in [0, 0.1) is 5.82 Å². The topological polar surface area (TPSA) is 42.2 Å². The van der Waals surface area contributed by atoms with E-state index < -0.39 is 5.82 Å². The second-order valence-electron chi connectivity index (χ2n) is 3.06. The second kappa shape index (κ2) is 2.83. The highest BCUT2D eigenvalue weighted by molar-refractivity contribution is 5.93. The molecule has 4 heteroatoms. The molecule has 0 saturated carbocycles. The molecule has 0 bridgehead atoms. The fourth-order valence-electron chi connectivity index (χ4n) is 1.49. The van der Waals surface area contributed by atoms with Gasteiger partial charge in [-0.25, -0.2) is 4.39 Å². The molecule has 72 valence electrons. The van der Waals surface area contributed by atoms with E-state index in [1.807, 2.05) is 0 Å². The minimum Gasteiger partial charge on any atom is -0.494 e. The predicted octanol–water partition coefficient (Wildman–Crippen LogP) is 2.15. The van der Waals surface area contributed by atoms with Crippen molar-refractivity contribution < 1.29 is 14.3 Å². The number of hydrogen-bond donors (Lipinski definition) is 1. The Morgan fingerprint density at radius 3 is 2.79 bits per heavy atom. The highest BCUT2D eigenvalue weighted by Gasteiger charge is 2.11. The number of aromatic hydroxyl groups is 1. The average molecular weight is 193 g/mol. The first-order chi connectivity index (χ1) is 6.59. The summed E-state index contributed by atoms with van der Waals surface area (Å²) in [5.74, 6) is -0.945. The molecule has 0 aliphatic heterocycles. The van der Waals surface area contributed by atoms with Gasteiger partial charge in [0.05, 0.1) is 5.52 Å². The number of nitrogens with zero attached hydrogens (tertiary/aromatic N) is 1. The normalized spacial score (nSPS) is 10.7. The molecular formula is C10H8FNO2. The summed E-state index contributed by atoms with van der Waals surface area (Å²) in [5, 5.41) is 10.1. The molecule has 3 nitrogen and oxygen atoms in total. The lowest BCUT2D eigenvalue weighted by atomic mass is 10.2. The fourth-order valence-corrected chi connectivity index (χ4v) is 1.49. The van der Waals surface area contributed by atoms with Crippen LogP contribution in [0.5, 0.6) is 5.88 Å². The number of fused-ring (bicyclic) bond motifs is 1. The molecular weight excluding hydrogens is 185 g/mol. The number of carbonyl (C=O) groups is 1. The molecule has 0 amide bonds. The second-order valence-corrected chi connectivity index (χ2v) is 3.06. The van der Waals surface area contributed by atoms with Gasteiger partial charge in [-0.05, 0) is 18.2 Å². The maximum absolute atomic E-state index is 12.9. The Morgan fingerprint density at radius 2 is 2.14 bits per heavy atom. The summed E-state index contributed by atoms with van der Waals surface area (Å²) in [7, 11) is 0. The Morgan fingerprint density at radius 1 is 1.43 bits per heavy atom. The van der Waals surface area contributed by atoms with E-state index in [-0.39, 0.29) is 11.8 Å². The van der Waals surface area contributed by atoms with Crippen LogP contribution in [0.2, 0.25) is 0 Å². The van der Waals surface area contributed by atoms with Gasteiger partial charge < -0.3 is 5.11 Å². The third-order valence-electron chi connectivity index (χ3n) is 2.06. The van der Waals surface area contributed by atoms with E-state index in [0.717, 1.165) is 4.57 Å². The lowest BCUT2D eigenvalue weighted by Gasteiger charge is -2.00.